The molecule has 0 saturated carbocycles. The third kappa shape index (κ3) is 18.7. The molecule has 0 nitrogen and oxygen atoms in total. The van der Waals surface area contributed by atoms with Crippen LogP contribution in [0, 0.1) is 23.7 Å². The van der Waals surface area contributed by atoms with Gasteiger partial charge >= 0.3 is 0 Å². The fourth-order valence-electron chi connectivity index (χ4n) is 5.79. The highest BCUT2D eigenvalue weighted by atomic mass is 31.2. The van der Waals surface area contributed by atoms with E-state index in [4.69, 9.17) is 0 Å². The molecule has 0 amide bonds. The van der Waals surface area contributed by atoms with E-state index >= 15 is 0 Å². The molecular weight excluding hydrogens is 458 g/mol. The van der Waals surface area contributed by atoms with Crippen LogP contribution in [-0.2, 0) is 0 Å². The van der Waals surface area contributed by atoms with Crippen molar-refractivity contribution < 1.29 is 0 Å². The summed E-state index contributed by atoms with van der Waals surface area (Å²) in [5, 5.41) is 0. The molecule has 0 rings (SSSR count). The molecule has 35 heavy (non-hydrogen) atoms. The lowest BCUT2D eigenvalue weighted by atomic mass is 10.0. The van der Waals surface area contributed by atoms with Crippen LogP contribution in [-0.4, -0.2) is 30.6 Å². The van der Waals surface area contributed by atoms with Gasteiger partial charge in [-0.15, -0.1) is 15.8 Å². The van der Waals surface area contributed by atoms with Crippen molar-refractivity contribution in [1.82, 2.24) is 0 Å². The highest BCUT2D eigenvalue weighted by molar-refractivity contribution is 7.74. The van der Waals surface area contributed by atoms with Gasteiger partial charge in [-0.05, 0) is 54.2 Å². The summed E-state index contributed by atoms with van der Waals surface area (Å²) >= 11 is 0. The van der Waals surface area contributed by atoms with Crippen molar-refractivity contribution in [2.24, 2.45) is 23.7 Å². The quantitative estimate of drug-likeness (QED) is 0.0979. The SMILES string of the molecule is CCCCC(CC)CP(CC(CC)CCCC)CP(CC(CC)CCCC)CC(CC)CCCC. The lowest BCUT2D eigenvalue weighted by Gasteiger charge is -2.34. The minimum Gasteiger partial charge on any atom is -0.102 e. The summed E-state index contributed by atoms with van der Waals surface area (Å²) in [4.78, 5) is 0. The molecule has 4 unspecified atom stereocenters. The van der Waals surface area contributed by atoms with Crippen LogP contribution in [0.5, 0.6) is 0 Å². The summed E-state index contributed by atoms with van der Waals surface area (Å²) in [5.74, 6) is 5.69. The fourth-order valence-corrected chi connectivity index (χ4v) is 14.9. The highest BCUT2D eigenvalue weighted by Crippen LogP contribution is 2.56. The standard InChI is InChI=1S/C33H70P2/c1-9-17-21-30(13-5)25-34(26-31(14-6)22-18-10-2)29-35(27-32(15-7)23-19-11-3)28-33(16-8)24-20-12-4/h30-33H,9-29H2,1-8H3. The molecule has 0 bridgehead atoms. The van der Waals surface area contributed by atoms with Crippen molar-refractivity contribution in [1.29, 1.82) is 0 Å². The fraction of sp³-hybridized carbons (Fsp3) is 1.00. The van der Waals surface area contributed by atoms with E-state index in [1.54, 1.807) is 30.6 Å². The van der Waals surface area contributed by atoms with Crippen LogP contribution in [0.2, 0.25) is 0 Å². The van der Waals surface area contributed by atoms with Gasteiger partial charge in [0.25, 0.3) is 0 Å². The van der Waals surface area contributed by atoms with Gasteiger partial charge in [0, 0.05) is 0 Å². The molecule has 0 aliphatic heterocycles. The summed E-state index contributed by atoms with van der Waals surface area (Å²) in [6.07, 6.45) is 29.4. The van der Waals surface area contributed by atoms with E-state index < -0.39 is 0 Å². The smallest absolute Gasteiger partial charge is 0.0120 e. The van der Waals surface area contributed by atoms with E-state index in [1.165, 1.54) is 103 Å². The van der Waals surface area contributed by atoms with Crippen LogP contribution < -0.4 is 0 Å². The average molecular weight is 529 g/mol. The number of rotatable bonds is 26. The van der Waals surface area contributed by atoms with E-state index in [-0.39, 0.29) is 15.8 Å². The number of hydrogen-bond donors (Lipinski definition) is 0. The van der Waals surface area contributed by atoms with Gasteiger partial charge < -0.3 is 0 Å². The first-order valence-electron chi connectivity index (χ1n) is 16.5. The molecule has 0 aliphatic carbocycles. The normalized spacial score (nSPS) is 17.1. The van der Waals surface area contributed by atoms with E-state index in [0.29, 0.717) is 0 Å². The van der Waals surface area contributed by atoms with Crippen molar-refractivity contribution in [3.8, 4) is 0 Å². The van der Waals surface area contributed by atoms with E-state index in [9.17, 15) is 0 Å². The van der Waals surface area contributed by atoms with E-state index in [1.807, 2.05) is 0 Å². The van der Waals surface area contributed by atoms with Crippen molar-refractivity contribution in [3.63, 3.8) is 0 Å². The van der Waals surface area contributed by atoms with Crippen LogP contribution in [0.3, 0.4) is 0 Å². The Morgan fingerprint density at radius 3 is 0.771 bits per heavy atom. The minimum atomic E-state index is 0.208. The van der Waals surface area contributed by atoms with Crippen molar-refractivity contribution >= 4 is 15.8 Å². The number of hydrogen-bond acceptors (Lipinski definition) is 0. The van der Waals surface area contributed by atoms with E-state index in [0.717, 1.165) is 23.7 Å². The van der Waals surface area contributed by atoms with Crippen LogP contribution in [0.4, 0.5) is 0 Å². The maximum absolute atomic E-state index is 2.49. The van der Waals surface area contributed by atoms with Crippen molar-refractivity contribution in [2.45, 2.75) is 158 Å². The van der Waals surface area contributed by atoms with Gasteiger partial charge in [-0.25, -0.2) is 0 Å². The van der Waals surface area contributed by atoms with Crippen LogP contribution in [0.15, 0.2) is 0 Å². The minimum absolute atomic E-state index is 0.208. The molecule has 0 heterocycles. The molecule has 2 heteroatoms. The lowest BCUT2D eigenvalue weighted by Crippen LogP contribution is -2.16. The van der Waals surface area contributed by atoms with Crippen LogP contribution in [0.25, 0.3) is 0 Å². The maximum Gasteiger partial charge on any atom is -0.0120 e. The second-order valence-corrected chi connectivity index (χ2v) is 17.2. The van der Waals surface area contributed by atoms with E-state index in [2.05, 4.69) is 55.4 Å². The third-order valence-corrected chi connectivity index (χ3v) is 16.0. The largest absolute Gasteiger partial charge is 0.102 e. The Balaban J connectivity index is 5.63. The lowest BCUT2D eigenvalue weighted by molar-refractivity contribution is 0.482. The summed E-state index contributed by atoms with van der Waals surface area (Å²) in [6.45, 7) is 19.5. The molecule has 212 valence electrons. The number of unbranched alkanes of at least 4 members (excludes halogenated alkanes) is 4. The first-order chi connectivity index (χ1) is 17.0. The first kappa shape index (κ1) is 35.9. The predicted molar refractivity (Wildman–Crippen MR) is 171 cm³/mol. The van der Waals surface area contributed by atoms with Gasteiger partial charge in [0.05, 0.1) is 0 Å². The molecule has 0 saturated heterocycles. The molecule has 4 atom stereocenters. The van der Waals surface area contributed by atoms with Crippen LogP contribution in [0.1, 0.15) is 158 Å². The molecule has 0 aromatic carbocycles. The Kier molecular flexibility index (Phi) is 25.8. The van der Waals surface area contributed by atoms with Gasteiger partial charge in [-0.3, -0.25) is 0 Å². The Morgan fingerprint density at radius 2 is 0.600 bits per heavy atom. The Morgan fingerprint density at radius 1 is 0.371 bits per heavy atom. The highest BCUT2D eigenvalue weighted by Gasteiger charge is 2.25. The molecule has 0 aromatic heterocycles. The summed E-state index contributed by atoms with van der Waals surface area (Å²) in [5.41, 5.74) is 0. The van der Waals surface area contributed by atoms with Gasteiger partial charge in [0.1, 0.15) is 0 Å². The second kappa shape index (κ2) is 25.2. The van der Waals surface area contributed by atoms with Crippen molar-refractivity contribution in [3.05, 3.63) is 0 Å². The average Bonchev–Trinajstić information content (AvgIpc) is 2.88. The molecule has 0 fully saturated rings. The topological polar surface area (TPSA) is 0 Å². The van der Waals surface area contributed by atoms with Gasteiger partial charge in [0.2, 0.25) is 0 Å². The molecule has 0 radical (unpaired) electrons. The van der Waals surface area contributed by atoms with Crippen LogP contribution >= 0.6 is 15.8 Å². The zero-order chi connectivity index (χ0) is 26.3. The van der Waals surface area contributed by atoms with Gasteiger partial charge in [0.15, 0.2) is 0 Å². The summed E-state index contributed by atoms with van der Waals surface area (Å²) in [6, 6.07) is 0. The summed E-state index contributed by atoms with van der Waals surface area (Å²) in [7, 11) is 0.417. The molecule has 0 aliphatic rings. The molecule has 0 N–H and O–H groups in total. The van der Waals surface area contributed by atoms with Crippen molar-refractivity contribution in [2.75, 3.05) is 30.6 Å². The molecule has 0 aromatic rings. The van der Waals surface area contributed by atoms with Gasteiger partial charge in [-0.1, -0.05) is 158 Å². The second-order valence-electron chi connectivity index (χ2n) is 11.9. The molecular formula is C33H70P2. The predicted octanol–water partition coefficient (Wildman–Crippen LogP) is 12.8. The third-order valence-electron chi connectivity index (χ3n) is 8.64. The zero-order valence-electron chi connectivity index (χ0n) is 26.1. The van der Waals surface area contributed by atoms with Gasteiger partial charge in [-0.2, -0.15) is 0 Å². The first-order valence-corrected chi connectivity index (χ1v) is 20.2. The Labute approximate surface area is 227 Å². The zero-order valence-corrected chi connectivity index (χ0v) is 27.8. The maximum atomic E-state index is 2.49. The Hall–Kier alpha value is 0.860. The monoisotopic (exact) mass is 528 g/mol. The Bertz CT molecular complexity index is 349. The molecule has 0 spiro atoms. The summed E-state index contributed by atoms with van der Waals surface area (Å²) < 4.78 is 0.